The van der Waals surface area contributed by atoms with E-state index in [-0.39, 0.29) is 79.6 Å². The second-order valence-electron chi connectivity index (χ2n) is 20.5. The van der Waals surface area contributed by atoms with Gasteiger partial charge in [0, 0.05) is 72.1 Å². The summed E-state index contributed by atoms with van der Waals surface area (Å²) in [6, 6.07) is 27.7. The zero-order valence-corrected chi connectivity index (χ0v) is 46.9. The molecule has 0 saturated heterocycles. The number of hydrogen-bond donors (Lipinski definition) is 3. The Labute approximate surface area is 457 Å². The predicted octanol–water partition coefficient (Wildman–Crippen LogP) is 12.5. The van der Waals surface area contributed by atoms with Gasteiger partial charge in [-0.15, -0.1) is 34.5 Å². The highest BCUT2D eigenvalue weighted by molar-refractivity contribution is 7.49. The Balaban J connectivity index is 0.987. The molecule has 3 N–H and O–H groups in total. The number of halogens is 2. The van der Waals surface area contributed by atoms with E-state index < -0.39 is 43.4 Å². The van der Waals surface area contributed by atoms with Crippen molar-refractivity contribution in [2.24, 2.45) is 5.92 Å². The van der Waals surface area contributed by atoms with Crippen LogP contribution in [0.5, 0.6) is 5.75 Å². The van der Waals surface area contributed by atoms with Crippen LogP contribution in [0.1, 0.15) is 100 Å². The summed E-state index contributed by atoms with van der Waals surface area (Å²) in [5, 5.41) is 12.7. The first kappa shape index (κ1) is 56.2. The molecular weight excluding hydrogens is 1050 g/mol. The number of carbonyl (C=O) groups is 5. The number of aryl methyl sites for hydroxylation is 1. The Morgan fingerprint density at radius 3 is 1.83 bits per heavy atom. The lowest BCUT2D eigenvalue weighted by atomic mass is 9.95. The summed E-state index contributed by atoms with van der Waals surface area (Å²) in [7, 11) is -4.30. The molecule has 0 aliphatic carbocycles. The third-order valence-electron chi connectivity index (χ3n) is 13.3. The molecule has 19 heteroatoms. The van der Waals surface area contributed by atoms with Crippen molar-refractivity contribution in [2.45, 2.75) is 110 Å². The average molecular weight is 1110 g/mol. The summed E-state index contributed by atoms with van der Waals surface area (Å²) >= 11 is 14.7. The fourth-order valence-electron chi connectivity index (χ4n) is 9.65. The fraction of sp³-hybridized carbons (Fsp3) is 0.386. The smallest absolute Gasteiger partial charge is 0.444 e. The summed E-state index contributed by atoms with van der Waals surface area (Å²) in [4.78, 5) is 72.0. The molecule has 15 nitrogen and oxygen atoms in total. The number of rotatable bonds is 20. The fourth-order valence-corrected chi connectivity index (χ4v) is 12.4. The molecule has 0 unspecified atom stereocenters. The molecule has 76 heavy (non-hydrogen) atoms. The van der Waals surface area contributed by atoms with Crippen LogP contribution in [0.2, 0.25) is 0 Å². The molecule has 0 saturated carbocycles. The second kappa shape index (κ2) is 24.1. The first-order valence-corrected chi connectivity index (χ1v) is 28.8. The van der Waals surface area contributed by atoms with Crippen LogP contribution in [0.15, 0.2) is 102 Å². The van der Waals surface area contributed by atoms with E-state index >= 15 is 0 Å². The first-order chi connectivity index (χ1) is 36.3. The topological polar surface area (TPSA) is 182 Å². The van der Waals surface area contributed by atoms with Gasteiger partial charge in [0.15, 0.2) is 5.75 Å². The van der Waals surface area contributed by atoms with E-state index in [1.54, 1.807) is 63.5 Å². The van der Waals surface area contributed by atoms with Crippen molar-refractivity contribution in [1.82, 2.24) is 10.6 Å². The lowest BCUT2D eigenvalue weighted by Gasteiger charge is -2.26. The molecule has 5 aromatic carbocycles. The maximum atomic E-state index is 14.7. The summed E-state index contributed by atoms with van der Waals surface area (Å²) in [5.41, 5.74) is 5.09. The lowest BCUT2D eigenvalue weighted by molar-refractivity contribution is -0.128. The van der Waals surface area contributed by atoms with E-state index in [0.717, 1.165) is 48.7 Å². The van der Waals surface area contributed by atoms with Crippen LogP contribution in [0.3, 0.4) is 0 Å². The predicted molar refractivity (Wildman–Crippen MR) is 301 cm³/mol. The van der Waals surface area contributed by atoms with E-state index in [1.165, 1.54) is 11.3 Å². The van der Waals surface area contributed by atoms with E-state index in [0.29, 0.717) is 30.2 Å². The molecule has 4 atom stereocenters. The van der Waals surface area contributed by atoms with Crippen molar-refractivity contribution < 1.29 is 46.8 Å². The van der Waals surface area contributed by atoms with Crippen LogP contribution in [0.25, 0.3) is 20.9 Å². The van der Waals surface area contributed by atoms with Gasteiger partial charge in [0.05, 0.1) is 29.3 Å². The number of carbonyl (C=O) groups excluding carboxylic acids is 5. The van der Waals surface area contributed by atoms with Crippen molar-refractivity contribution in [1.29, 1.82) is 0 Å². The molecule has 2 aliphatic heterocycles. The number of thiophene rings is 1. The Bertz CT molecular complexity index is 3120. The average Bonchev–Trinajstić information content (AvgIpc) is 4.10. The third kappa shape index (κ3) is 12.9. The van der Waals surface area contributed by atoms with E-state index in [2.05, 4.69) is 16.0 Å². The number of hydrogen-bond acceptors (Lipinski definition) is 11. The van der Waals surface area contributed by atoms with Crippen molar-refractivity contribution in [3.63, 3.8) is 0 Å². The van der Waals surface area contributed by atoms with Crippen LogP contribution in [0, 0.1) is 12.8 Å². The number of fused-ring (bicyclic) bond motifs is 6. The van der Waals surface area contributed by atoms with Crippen LogP contribution >= 0.6 is 42.4 Å². The van der Waals surface area contributed by atoms with Crippen LogP contribution in [0.4, 0.5) is 21.9 Å². The SMILES string of the molecule is Cc1csc2c(OP(=O)(OCc3ccccc3)OCc3ccccc3)cc3c(c12)[C@H](CCl)CN3C(=O)CCCC(=O)N1C[C@@H](CCl)c2c1cc(NC(=O)[C@H](C)NC(=O)[C@@H](NC(=O)OC(C)(C)C)C(C)C)c1ccccc21. The van der Waals surface area contributed by atoms with Crippen molar-refractivity contribution in [3.8, 4) is 5.75 Å². The summed E-state index contributed by atoms with van der Waals surface area (Å²) in [6.45, 7) is 12.8. The molecule has 0 bridgehead atoms. The normalized spacial score (nSPS) is 16.1. The Morgan fingerprint density at radius 2 is 1.28 bits per heavy atom. The quantitative estimate of drug-likeness (QED) is 0.0491. The number of amides is 5. The van der Waals surface area contributed by atoms with Crippen molar-refractivity contribution in [2.75, 3.05) is 40.0 Å². The van der Waals surface area contributed by atoms with Gasteiger partial charge < -0.3 is 35.0 Å². The molecule has 5 amide bonds. The van der Waals surface area contributed by atoms with Gasteiger partial charge in [-0.2, -0.15) is 0 Å². The third-order valence-corrected chi connectivity index (χ3v) is 16.5. The molecule has 2 aliphatic rings. The van der Waals surface area contributed by atoms with Crippen LogP contribution in [-0.2, 0) is 50.7 Å². The lowest BCUT2D eigenvalue weighted by Crippen LogP contribution is -2.54. The van der Waals surface area contributed by atoms with E-state index in [9.17, 15) is 28.5 Å². The Kier molecular flexibility index (Phi) is 17.8. The molecule has 402 valence electrons. The molecule has 1 aromatic heterocycles. The molecular formula is C57H64Cl2N5O10PS. The maximum Gasteiger partial charge on any atom is 0.530 e. The number of phosphoric ester groups is 1. The molecule has 0 radical (unpaired) electrons. The van der Waals surface area contributed by atoms with Gasteiger partial charge >= 0.3 is 13.9 Å². The maximum absolute atomic E-state index is 14.7. The zero-order valence-electron chi connectivity index (χ0n) is 43.7. The van der Waals surface area contributed by atoms with E-state index in [4.69, 9.17) is 41.5 Å². The van der Waals surface area contributed by atoms with Crippen LogP contribution < -0.4 is 30.3 Å². The largest absolute Gasteiger partial charge is 0.530 e. The number of anilines is 3. The summed E-state index contributed by atoms with van der Waals surface area (Å²) in [5.74, 6) is -1.54. The van der Waals surface area contributed by atoms with Gasteiger partial charge in [-0.25, -0.2) is 9.36 Å². The number of phosphoric acid groups is 1. The van der Waals surface area contributed by atoms with Gasteiger partial charge in [0.25, 0.3) is 0 Å². The van der Waals surface area contributed by atoms with Gasteiger partial charge in [-0.05, 0) is 91.6 Å². The van der Waals surface area contributed by atoms with Gasteiger partial charge in [0.2, 0.25) is 23.6 Å². The highest BCUT2D eigenvalue weighted by Gasteiger charge is 2.39. The number of alkyl halides is 2. The number of nitrogens with one attached hydrogen (secondary N) is 3. The molecule has 6 aromatic rings. The Hall–Kier alpha value is -6.00. The van der Waals surface area contributed by atoms with Gasteiger partial charge in [-0.3, -0.25) is 28.2 Å². The number of alkyl carbamates (subject to hydrolysis) is 1. The number of benzene rings is 5. The van der Waals surface area contributed by atoms with Crippen molar-refractivity contribution in [3.05, 3.63) is 130 Å². The van der Waals surface area contributed by atoms with Crippen LogP contribution in [-0.4, -0.2) is 72.3 Å². The second-order valence-corrected chi connectivity index (χ2v) is 23.6. The standard InChI is InChI=1S/C57H64Cl2N5O10PS/c1-34(2)52(62-56(69)73-57(5,6)7)55(68)60-36(4)54(67)61-43-25-44-50(42-22-15-14-21-41(42)43)39(27-58)29-63(44)47(65)23-16-24-48(66)64-30-40(28-59)51-45(64)26-46(53-49(51)35(3)33-76-53)74-75(70,71-31-37-17-10-8-11-18-37)72-32-38-19-12-9-13-20-38/h8-15,17-22,25-26,33-34,36,39-40,52H,16,23-24,27-32H2,1-7H3,(H,60,68)(H,61,67)(H,62,69)/t36-,39+,40+,52-/m0/s1. The number of nitrogens with zero attached hydrogens (tertiary/aromatic N) is 2. The highest BCUT2D eigenvalue weighted by atomic mass is 35.5. The summed E-state index contributed by atoms with van der Waals surface area (Å²) < 4.78 is 39.2. The van der Waals surface area contributed by atoms with E-state index in [1.807, 2.05) is 97.2 Å². The minimum Gasteiger partial charge on any atom is -0.444 e. The monoisotopic (exact) mass is 1110 g/mol. The molecule has 3 heterocycles. The minimum atomic E-state index is -4.30. The number of ether oxygens (including phenoxy) is 1. The van der Waals surface area contributed by atoms with Gasteiger partial charge in [0.1, 0.15) is 17.7 Å². The molecule has 8 rings (SSSR count). The van der Waals surface area contributed by atoms with Crippen molar-refractivity contribution >= 4 is 110 Å². The Morgan fingerprint density at radius 1 is 0.737 bits per heavy atom. The zero-order chi connectivity index (χ0) is 54.5. The first-order valence-electron chi connectivity index (χ1n) is 25.4. The minimum absolute atomic E-state index is 0.0309. The summed E-state index contributed by atoms with van der Waals surface area (Å²) in [6.07, 6.45) is -0.467. The highest BCUT2D eigenvalue weighted by Crippen LogP contribution is 2.56. The molecule has 0 fully saturated rings. The molecule has 0 spiro atoms. The van der Waals surface area contributed by atoms with Gasteiger partial charge in [-0.1, -0.05) is 98.8 Å².